The fourth-order valence-corrected chi connectivity index (χ4v) is 4.08. The second-order valence-electron chi connectivity index (χ2n) is 9.99. The van der Waals surface area contributed by atoms with E-state index in [1.54, 1.807) is 0 Å². The Morgan fingerprint density at radius 1 is 1.21 bits per heavy atom. The van der Waals surface area contributed by atoms with Crippen LogP contribution in [-0.4, -0.2) is 44.8 Å². The van der Waals surface area contributed by atoms with Crippen LogP contribution in [0.4, 0.5) is 4.79 Å². The number of carbonyl (C=O) groups is 2. The summed E-state index contributed by atoms with van der Waals surface area (Å²) in [5.41, 5.74) is 0.327. The van der Waals surface area contributed by atoms with Gasteiger partial charge in [-0.2, -0.15) is 0 Å². The van der Waals surface area contributed by atoms with E-state index < -0.39 is 17.7 Å². The number of hydrogen-bond donors (Lipinski definition) is 3. The van der Waals surface area contributed by atoms with Crippen LogP contribution in [0.1, 0.15) is 57.7 Å². The predicted molar refractivity (Wildman–Crippen MR) is 129 cm³/mol. The van der Waals surface area contributed by atoms with Crippen LogP contribution in [0, 0.1) is 11.3 Å². The summed E-state index contributed by atoms with van der Waals surface area (Å²) in [6.45, 7) is 6.75. The number of likely N-dealkylation sites (tertiary alicyclic amines) is 1. The van der Waals surface area contributed by atoms with Crippen molar-refractivity contribution in [2.24, 2.45) is 11.3 Å². The number of rotatable bonds is 7. The van der Waals surface area contributed by atoms with Gasteiger partial charge in [0.15, 0.2) is 0 Å². The van der Waals surface area contributed by atoms with E-state index in [2.05, 4.69) is 10.3 Å². The molecule has 10 heteroatoms. The van der Waals surface area contributed by atoms with Gasteiger partial charge >= 0.3 is 11.8 Å². The summed E-state index contributed by atoms with van der Waals surface area (Å²) in [4.78, 5) is 45.8. The summed E-state index contributed by atoms with van der Waals surface area (Å²) in [6.07, 6.45) is 3.24. The van der Waals surface area contributed by atoms with Crippen LogP contribution >= 0.6 is 11.6 Å². The third kappa shape index (κ3) is 7.28. The lowest BCUT2D eigenvalue weighted by molar-refractivity contribution is -0.123. The Morgan fingerprint density at radius 2 is 1.85 bits per heavy atom. The number of halogens is 1. The highest BCUT2D eigenvalue weighted by Crippen LogP contribution is 2.23. The van der Waals surface area contributed by atoms with Gasteiger partial charge in [0, 0.05) is 24.5 Å². The minimum absolute atomic E-state index is 0.0703. The van der Waals surface area contributed by atoms with Crippen molar-refractivity contribution in [3.8, 4) is 5.88 Å². The van der Waals surface area contributed by atoms with Crippen LogP contribution in [0.5, 0.6) is 5.88 Å². The third-order valence-corrected chi connectivity index (χ3v) is 6.11. The third-order valence-electron chi connectivity index (χ3n) is 5.85. The van der Waals surface area contributed by atoms with E-state index >= 15 is 0 Å². The van der Waals surface area contributed by atoms with Crippen molar-refractivity contribution in [1.29, 1.82) is 0 Å². The first-order valence-corrected chi connectivity index (χ1v) is 11.9. The van der Waals surface area contributed by atoms with Crippen molar-refractivity contribution >= 4 is 23.6 Å². The predicted octanol–water partition coefficient (Wildman–Crippen LogP) is 3.48. The zero-order valence-electron chi connectivity index (χ0n) is 19.9. The highest BCUT2D eigenvalue weighted by molar-refractivity contribution is 6.30. The lowest BCUT2D eigenvalue weighted by Gasteiger charge is -2.31. The number of aryl methyl sites for hydroxylation is 1. The highest BCUT2D eigenvalue weighted by atomic mass is 35.5. The monoisotopic (exact) mass is 492 g/mol. The average molecular weight is 493 g/mol. The maximum Gasteiger partial charge on any atom is 0.434 e. The fourth-order valence-electron chi connectivity index (χ4n) is 3.96. The number of hydrogen-bond acceptors (Lipinski definition) is 5. The molecule has 1 aromatic carbocycles. The van der Waals surface area contributed by atoms with Gasteiger partial charge in [-0.1, -0.05) is 49.2 Å². The van der Waals surface area contributed by atoms with Gasteiger partial charge in [-0.05, 0) is 54.7 Å². The molecule has 34 heavy (non-hydrogen) atoms. The quantitative estimate of drug-likeness (QED) is 0.547. The number of aromatic nitrogens is 2. The Bertz CT molecular complexity index is 1050. The van der Waals surface area contributed by atoms with Crippen LogP contribution in [0.2, 0.25) is 5.02 Å². The topological polar surface area (TPSA) is 117 Å². The number of imidazole rings is 1. The van der Waals surface area contributed by atoms with E-state index in [0.717, 1.165) is 30.7 Å². The average Bonchev–Trinajstić information content (AvgIpc) is 3.04. The van der Waals surface area contributed by atoms with Gasteiger partial charge in [-0.15, -0.1) is 0 Å². The van der Waals surface area contributed by atoms with Crippen molar-refractivity contribution in [1.82, 2.24) is 19.9 Å². The van der Waals surface area contributed by atoms with Gasteiger partial charge in [0.25, 0.3) is 5.88 Å². The molecule has 1 aliphatic rings. The van der Waals surface area contributed by atoms with Gasteiger partial charge < -0.3 is 25.1 Å². The zero-order chi connectivity index (χ0) is 24.9. The molecule has 1 fully saturated rings. The van der Waals surface area contributed by atoms with Gasteiger partial charge in [-0.3, -0.25) is 4.79 Å². The Kier molecular flexibility index (Phi) is 8.30. The SMILES string of the molecule is CC(C)(C)CC(=O)NCc1[nH]c(=O)n(OC(=O)N2CCC(CCc3ccc(Cl)cc3)CC2)c1O. The van der Waals surface area contributed by atoms with Crippen molar-refractivity contribution in [3.05, 3.63) is 51.0 Å². The fraction of sp³-hybridized carbons (Fsp3) is 0.542. The van der Waals surface area contributed by atoms with Crippen LogP contribution in [0.3, 0.4) is 0 Å². The van der Waals surface area contributed by atoms with Crippen molar-refractivity contribution in [2.45, 2.75) is 59.4 Å². The minimum atomic E-state index is -0.788. The molecule has 0 spiro atoms. The molecule has 9 nitrogen and oxygen atoms in total. The molecule has 0 atom stereocenters. The Balaban J connectivity index is 1.48. The zero-order valence-corrected chi connectivity index (χ0v) is 20.7. The first-order valence-electron chi connectivity index (χ1n) is 11.5. The number of aromatic hydroxyl groups is 1. The second kappa shape index (κ2) is 11.0. The first kappa shape index (κ1) is 25.7. The van der Waals surface area contributed by atoms with Gasteiger partial charge in [0.05, 0.1) is 6.54 Å². The summed E-state index contributed by atoms with van der Waals surface area (Å²) in [6, 6.07) is 7.83. The van der Waals surface area contributed by atoms with E-state index in [4.69, 9.17) is 16.4 Å². The lowest BCUT2D eigenvalue weighted by atomic mass is 9.91. The van der Waals surface area contributed by atoms with Crippen LogP contribution in [0.25, 0.3) is 0 Å². The van der Waals surface area contributed by atoms with Gasteiger partial charge in [-0.25, -0.2) is 9.59 Å². The Morgan fingerprint density at radius 3 is 2.47 bits per heavy atom. The molecule has 0 aliphatic carbocycles. The molecule has 2 amide bonds. The van der Waals surface area contributed by atoms with Crippen molar-refractivity contribution < 1.29 is 19.5 Å². The number of amides is 2. The molecule has 1 aliphatic heterocycles. The Labute approximate surface area is 204 Å². The maximum absolute atomic E-state index is 12.6. The molecule has 3 rings (SSSR count). The van der Waals surface area contributed by atoms with Gasteiger partial charge in [0.1, 0.15) is 5.69 Å². The van der Waals surface area contributed by atoms with Crippen LogP contribution in [-0.2, 0) is 17.8 Å². The van der Waals surface area contributed by atoms with Crippen molar-refractivity contribution in [3.63, 3.8) is 0 Å². The first-order chi connectivity index (χ1) is 16.0. The number of H-pyrrole nitrogens is 1. The maximum atomic E-state index is 12.6. The van der Waals surface area contributed by atoms with E-state index in [0.29, 0.717) is 30.2 Å². The molecule has 2 aromatic rings. The van der Waals surface area contributed by atoms with E-state index in [1.807, 2.05) is 45.0 Å². The molecule has 1 aromatic heterocycles. The van der Waals surface area contributed by atoms with Crippen molar-refractivity contribution in [2.75, 3.05) is 13.1 Å². The minimum Gasteiger partial charge on any atom is -0.491 e. The molecule has 186 valence electrons. The van der Waals surface area contributed by atoms with Gasteiger partial charge in [0.2, 0.25) is 5.91 Å². The number of aromatic amines is 1. The number of carbonyl (C=O) groups excluding carboxylic acids is 2. The molecular formula is C24H33ClN4O5. The molecule has 0 bridgehead atoms. The normalized spacial score (nSPS) is 14.8. The molecule has 1 saturated heterocycles. The molecule has 0 saturated carbocycles. The largest absolute Gasteiger partial charge is 0.491 e. The summed E-state index contributed by atoms with van der Waals surface area (Å²) in [5.74, 6) is -0.255. The van der Waals surface area contributed by atoms with E-state index in [1.165, 1.54) is 10.5 Å². The number of nitrogens with zero attached hydrogens (tertiary/aromatic N) is 2. The number of piperidine rings is 1. The van der Waals surface area contributed by atoms with Crippen LogP contribution in [0.15, 0.2) is 29.1 Å². The molecule has 0 radical (unpaired) electrons. The van der Waals surface area contributed by atoms with E-state index in [-0.39, 0.29) is 23.6 Å². The molecule has 3 N–H and O–H groups in total. The smallest absolute Gasteiger partial charge is 0.434 e. The summed E-state index contributed by atoms with van der Waals surface area (Å²) in [5, 5.41) is 13.7. The number of nitrogens with one attached hydrogen (secondary N) is 2. The second-order valence-corrected chi connectivity index (χ2v) is 10.4. The summed E-state index contributed by atoms with van der Waals surface area (Å²) < 4.78 is 0.528. The lowest BCUT2D eigenvalue weighted by Crippen LogP contribution is -2.44. The van der Waals surface area contributed by atoms with Crippen LogP contribution < -0.4 is 15.8 Å². The summed E-state index contributed by atoms with van der Waals surface area (Å²) in [7, 11) is 0. The highest BCUT2D eigenvalue weighted by Gasteiger charge is 2.26. The molecule has 2 heterocycles. The molecule has 0 unspecified atom stereocenters. The summed E-state index contributed by atoms with van der Waals surface area (Å²) >= 11 is 5.93. The standard InChI is InChI=1S/C24H33ClN4O5/c1-24(2,3)14-20(30)26-15-19-21(31)29(22(32)27-19)34-23(33)28-12-10-17(11-13-28)5-4-16-6-8-18(25)9-7-16/h6-9,17,31H,4-5,10-15H2,1-3H3,(H,26,30)(H,27,32). The van der Waals surface area contributed by atoms with E-state index in [9.17, 15) is 19.5 Å². The molecular weight excluding hydrogens is 460 g/mol. The Hall–Kier alpha value is -2.94. The number of benzene rings is 1.